The van der Waals surface area contributed by atoms with Crippen molar-refractivity contribution in [2.75, 3.05) is 18.4 Å². The van der Waals surface area contributed by atoms with Gasteiger partial charge < -0.3 is 10.2 Å². The molecule has 1 aliphatic rings. The number of hydrogen-bond donors (Lipinski definition) is 1. The summed E-state index contributed by atoms with van der Waals surface area (Å²) in [5.74, 6) is 0.912. The van der Waals surface area contributed by atoms with E-state index < -0.39 is 0 Å². The lowest BCUT2D eigenvalue weighted by molar-refractivity contribution is 0.515. The number of nitrogens with zero attached hydrogens (tertiary/aromatic N) is 2. The normalized spacial score (nSPS) is 15.1. The fourth-order valence-electron chi connectivity index (χ4n) is 2.58. The zero-order chi connectivity index (χ0) is 15.2. The average molecular weight is 314 g/mol. The summed E-state index contributed by atoms with van der Waals surface area (Å²) in [6.45, 7) is 2.76. The Hall–Kier alpha value is -2.00. The van der Waals surface area contributed by atoms with Crippen LogP contribution in [0.25, 0.3) is 0 Å². The van der Waals surface area contributed by atoms with Crippen LogP contribution >= 0.6 is 11.6 Å². The van der Waals surface area contributed by atoms with Crippen molar-refractivity contribution in [2.45, 2.75) is 19.4 Å². The van der Waals surface area contributed by atoms with Crippen LogP contribution in [0.4, 0.5) is 5.69 Å². The highest BCUT2D eigenvalue weighted by Crippen LogP contribution is 2.22. The predicted molar refractivity (Wildman–Crippen MR) is 93.5 cm³/mol. The molecule has 0 radical (unpaired) electrons. The number of guanidine groups is 1. The van der Waals surface area contributed by atoms with Crippen LogP contribution in [0.1, 0.15) is 18.4 Å². The smallest absolute Gasteiger partial charge is 0.198 e. The van der Waals surface area contributed by atoms with Crippen LogP contribution in [-0.2, 0) is 6.54 Å². The van der Waals surface area contributed by atoms with Crippen LogP contribution in [-0.4, -0.2) is 23.9 Å². The lowest BCUT2D eigenvalue weighted by Crippen LogP contribution is -2.34. The first-order valence-electron chi connectivity index (χ1n) is 7.68. The molecule has 0 unspecified atom stereocenters. The maximum atomic E-state index is 6.26. The molecule has 2 aromatic carbocycles. The first-order valence-corrected chi connectivity index (χ1v) is 8.05. The molecule has 0 aromatic heterocycles. The number of aliphatic imine (C=N–C) groups is 1. The topological polar surface area (TPSA) is 27.6 Å². The van der Waals surface area contributed by atoms with E-state index in [-0.39, 0.29) is 0 Å². The van der Waals surface area contributed by atoms with E-state index in [0.717, 1.165) is 24.7 Å². The molecular formula is C18H20ClN3. The van der Waals surface area contributed by atoms with E-state index >= 15 is 0 Å². The van der Waals surface area contributed by atoms with Gasteiger partial charge in [0.1, 0.15) is 0 Å². The molecular weight excluding hydrogens is 294 g/mol. The van der Waals surface area contributed by atoms with Gasteiger partial charge in [-0.25, -0.2) is 4.99 Å². The summed E-state index contributed by atoms with van der Waals surface area (Å²) in [7, 11) is 0. The Morgan fingerprint density at radius 2 is 1.68 bits per heavy atom. The minimum Gasteiger partial charge on any atom is -0.343 e. The van der Waals surface area contributed by atoms with E-state index in [9.17, 15) is 0 Å². The van der Waals surface area contributed by atoms with Crippen molar-refractivity contribution < 1.29 is 0 Å². The second kappa shape index (κ2) is 7.32. The van der Waals surface area contributed by atoms with Crippen molar-refractivity contribution in [1.29, 1.82) is 0 Å². The third-order valence-electron chi connectivity index (χ3n) is 3.78. The van der Waals surface area contributed by atoms with E-state index in [1.54, 1.807) is 0 Å². The van der Waals surface area contributed by atoms with Gasteiger partial charge in [0.15, 0.2) is 5.96 Å². The number of para-hydroxylation sites is 1. The Morgan fingerprint density at radius 3 is 2.41 bits per heavy atom. The molecule has 4 heteroatoms. The molecule has 1 heterocycles. The van der Waals surface area contributed by atoms with Gasteiger partial charge in [0.25, 0.3) is 0 Å². The molecule has 1 fully saturated rings. The molecule has 3 nitrogen and oxygen atoms in total. The van der Waals surface area contributed by atoms with Crippen LogP contribution in [0, 0.1) is 0 Å². The summed E-state index contributed by atoms with van der Waals surface area (Å²) in [5.41, 5.74) is 2.11. The number of likely N-dealkylation sites (tertiary alicyclic amines) is 1. The molecule has 0 bridgehead atoms. The predicted octanol–water partition coefficient (Wildman–Crippen LogP) is 4.40. The van der Waals surface area contributed by atoms with Crippen LogP contribution in [0.3, 0.4) is 0 Å². The zero-order valence-corrected chi connectivity index (χ0v) is 13.3. The second-order valence-corrected chi connectivity index (χ2v) is 5.83. The van der Waals surface area contributed by atoms with E-state index in [4.69, 9.17) is 16.6 Å². The van der Waals surface area contributed by atoms with E-state index in [1.165, 1.54) is 18.4 Å². The highest BCUT2D eigenvalue weighted by molar-refractivity contribution is 6.33. The second-order valence-electron chi connectivity index (χ2n) is 5.42. The maximum absolute atomic E-state index is 6.26. The van der Waals surface area contributed by atoms with Crippen LogP contribution in [0.2, 0.25) is 5.02 Å². The molecule has 1 saturated heterocycles. The van der Waals surface area contributed by atoms with Crippen LogP contribution < -0.4 is 5.32 Å². The van der Waals surface area contributed by atoms with Gasteiger partial charge in [0.05, 0.1) is 17.3 Å². The Kier molecular flexibility index (Phi) is 4.96. The van der Waals surface area contributed by atoms with Gasteiger partial charge in [-0.1, -0.05) is 54.1 Å². The SMILES string of the molecule is Clc1ccccc1NC(=NCc1ccccc1)N1CCCC1. The van der Waals surface area contributed by atoms with Gasteiger partial charge in [-0.05, 0) is 30.5 Å². The molecule has 2 aromatic rings. The molecule has 0 atom stereocenters. The largest absolute Gasteiger partial charge is 0.343 e. The summed E-state index contributed by atoms with van der Waals surface area (Å²) in [4.78, 5) is 7.08. The van der Waals surface area contributed by atoms with Crippen LogP contribution in [0.15, 0.2) is 59.6 Å². The minimum absolute atomic E-state index is 0.671. The van der Waals surface area contributed by atoms with Crippen molar-refractivity contribution in [3.8, 4) is 0 Å². The molecule has 114 valence electrons. The van der Waals surface area contributed by atoms with Gasteiger partial charge in [0, 0.05) is 13.1 Å². The van der Waals surface area contributed by atoms with Crippen molar-refractivity contribution in [1.82, 2.24) is 4.90 Å². The summed E-state index contributed by atoms with van der Waals surface area (Å²) < 4.78 is 0. The number of benzene rings is 2. The highest BCUT2D eigenvalue weighted by atomic mass is 35.5. The van der Waals surface area contributed by atoms with Crippen molar-refractivity contribution >= 4 is 23.2 Å². The van der Waals surface area contributed by atoms with Gasteiger partial charge in [-0.15, -0.1) is 0 Å². The first kappa shape index (κ1) is 14.9. The highest BCUT2D eigenvalue weighted by Gasteiger charge is 2.17. The maximum Gasteiger partial charge on any atom is 0.198 e. The third kappa shape index (κ3) is 3.80. The Labute approximate surface area is 136 Å². The summed E-state index contributed by atoms with van der Waals surface area (Å²) >= 11 is 6.26. The molecule has 22 heavy (non-hydrogen) atoms. The quantitative estimate of drug-likeness (QED) is 0.671. The fraction of sp³-hybridized carbons (Fsp3) is 0.278. The number of hydrogen-bond acceptors (Lipinski definition) is 1. The lowest BCUT2D eigenvalue weighted by atomic mass is 10.2. The molecule has 0 aliphatic carbocycles. The summed E-state index contributed by atoms with van der Waals surface area (Å²) in [5, 5.41) is 4.12. The van der Waals surface area contributed by atoms with E-state index in [1.807, 2.05) is 42.5 Å². The molecule has 3 rings (SSSR count). The molecule has 0 amide bonds. The van der Waals surface area contributed by atoms with Crippen molar-refractivity contribution in [3.05, 3.63) is 65.2 Å². The number of nitrogens with one attached hydrogen (secondary N) is 1. The van der Waals surface area contributed by atoms with Gasteiger partial charge >= 0.3 is 0 Å². The van der Waals surface area contributed by atoms with E-state index in [0.29, 0.717) is 11.6 Å². The molecule has 1 aliphatic heterocycles. The average Bonchev–Trinajstić information content (AvgIpc) is 3.08. The first-order chi connectivity index (χ1) is 10.8. The molecule has 0 saturated carbocycles. The number of halogens is 1. The number of rotatable bonds is 3. The minimum atomic E-state index is 0.671. The van der Waals surface area contributed by atoms with Crippen molar-refractivity contribution in [2.24, 2.45) is 4.99 Å². The third-order valence-corrected chi connectivity index (χ3v) is 4.11. The van der Waals surface area contributed by atoms with E-state index in [2.05, 4.69) is 22.3 Å². The lowest BCUT2D eigenvalue weighted by Gasteiger charge is -2.22. The van der Waals surface area contributed by atoms with Crippen LogP contribution in [0.5, 0.6) is 0 Å². The summed E-state index contributed by atoms with van der Waals surface area (Å²) in [6.07, 6.45) is 2.43. The monoisotopic (exact) mass is 313 g/mol. The molecule has 1 N–H and O–H groups in total. The van der Waals surface area contributed by atoms with Gasteiger partial charge in [0.2, 0.25) is 0 Å². The Balaban J connectivity index is 1.79. The Morgan fingerprint density at radius 1 is 1.00 bits per heavy atom. The standard InChI is InChI=1S/C18H20ClN3/c19-16-10-4-5-11-17(16)21-18(22-12-6-7-13-22)20-14-15-8-2-1-3-9-15/h1-5,8-11H,6-7,12-14H2,(H,20,21). The van der Waals surface area contributed by atoms with Gasteiger partial charge in [-0.2, -0.15) is 0 Å². The number of anilines is 1. The van der Waals surface area contributed by atoms with Crippen molar-refractivity contribution in [3.63, 3.8) is 0 Å². The van der Waals surface area contributed by atoms with Gasteiger partial charge in [-0.3, -0.25) is 0 Å². The molecule has 0 spiro atoms. The summed E-state index contributed by atoms with van der Waals surface area (Å²) in [6, 6.07) is 18.1. The fourth-order valence-corrected chi connectivity index (χ4v) is 2.76. The Bertz CT molecular complexity index is 634. The zero-order valence-electron chi connectivity index (χ0n) is 12.5.